The summed E-state index contributed by atoms with van der Waals surface area (Å²) in [4.78, 5) is 0. The molecule has 0 fully saturated rings. The van der Waals surface area contributed by atoms with Crippen molar-refractivity contribution in [2.24, 2.45) is 0 Å². The van der Waals surface area contributed by atoms with Gasteiger partial charge >= 0.3 is 0 Å². The third-order valence-corrected chi connectivity index (χ3v) is 8.01. The van der Waals surface area contributed by atoms with E-state index < -0.39 is 261 Å². The van der Waals surface area contributed by atoms with Crippen LogP contribution in [0.1, 0.15) is 37.0 Å². The molecule has 10 aromatic rings. The maximum Gasteiger partial charge on any atom is 0.0630 e. The van der Waals surface area contributed by atoms with Gasteiger partial charge in [-0.15, -0.1) is 0 Å². The molecule has 0 amide bonds. The Morgan fingerprint density at radius 3 is 1.59 bits per heavy atom. The first-order chi connectivity index (χ1) is 34.1. The number of hydrogen-bond donors (Lipinski definition) is 0. The maximum absolute atomic E-state index is 9.86. The predicted octanol–water partition coefficient (Wildman–Crippen LogP) is 13.0. The van der Waals surface area contributed by atoms with Crippen LogP contribution in [0.5, 0.6) is 0 Å². The third kappa shape index (κ3) is 3.56. The summed E-state index contributed by atoms with van der Waals surface area (Å²) in [5, 5.41) is -6.47. The van der Waals surface area contributed by atoms with Crippen LogP contribution in [0.4, 0.5) is 0 Å². The van der Waals surface area contributed by atoms with Crippen molar-refractivity contribution < 1.29 is 37.0 Å². The van der Waals surface area contributed by atoms with E-state index in [0.29, 0.717) is 0 Å². The summed E-state index contributed by atoms with van der Waals surface area (Å²) in [5.74, 6) is 0. The van der Waals surface area contributed by atoms with Gasteiger partial charge in [0.05, 0.1) is 37.0 Å². The van der Waals surface area contributed by atoms with Gasteiger partial charge in [-0.05, 0) is 98.0 Å². The van der Waals surface area contributed by atoms with Crippen LogP contribution >= 0.6 is 0 Å². The monoisotopic (exact) mass is 607 g/mol. The smallest absolute Gasteiger partial charge is 0.0622 e. The minimum Gasteiger partial charge on any atom is -0.0622 e. The van der Waals surface area contributed by atoms with E-state index in [1.807, 2.05) is 0 Å². The van der Waals surface area contributed by atoms with Crippen LogP contribution in [0.3, 0.4) is 0 Å². The quantitative estimate of drug-likeness (QED) is 0.138. The van der Waals surface area contributed by atoms with E-state index in [1.165, 1.54) is 0 Å². The van der Waals surface area contributed by atoms with E-state index >= 15 is 0 Å². The van der Waals surface area contributed by atoms with Crippen LogP contribution in [0, 0.1) is 0 Å². The van der Waals surface area contributed by atoms with E-state index in [4.69, 9.17) is 20.6 Å². The average Bonchev–Trinajstić information content (AvgIpc) is 3.35. The Bertz CT molecular complexity index is 4270. The lowest BCUT2D eigenvalue weighted by molar-refractivity contribution is 1.66. The van der Waals surface area contributed by atoms with Crippen LogP contribution in [0.15, 0.2) is 169 Å². The minimum absolute atomic E-state index is 0.411. The second-order valence-corrected chi connectivity index (χ2v) is 10.3. The highest BCUT2D eigenvalue weighted by Crippen LogP contribution is 2.49. The average molecular weight is 608 g/mol. The van der Waals surface area contributed by atoms with Crippen LogP contribution in [-0.2, 0) is 0 Å². The molecule has 0 aromatic heterocycles. The number of fused-ring (bicyclic) bond motifs is 4. The Morgan fingerprint density at radius 1 is 0.283 bits per heavy atom. The van der Waals surface area contributed by atoms with Crippen molar-refractivity contribution in [3.8, 4) is 33.4 Å². The molecule has 0 aliphatic heterocycles. The van der Waals surface area contributed by atoms with Gasteiger partial charge in [0.15, 0.2) is 0 Å². The van der Waals surface area contributed by atoms with E-state index in [0.717, 1.165) is 6.07 Å². The second-order valence-electron chi connectivity index (χ2n) is 10.3. The Balaban J connectivity index is 1.62. The van der Waals surface area contributed by atoms with Crippen molar-refractivity contribution in [3.05, 3.63) is 169 Å². The van der Waals surface area contributed by atoms with Crippen molar-refractivity contribution in [2.75, 3.05) is 0 Å². The molecule has 0 saturated heterocycles. The van der Waals surface area contributed by atoms with Gasteiger partial charge in [-0.2, -0.15) is 0 Å². The van der Waals surface area contributed by atoms with Crippen molar-refractivity contribution in [2.45, 2.75) is 0 Å². The summed E-state index contributed by atoms with van der Waals surface area (Å²) in [5.41, 5.74) is -3.80. The van der Waals surface area contributed by atoms with Crippen molar-refractivity contribution in [3.63, 3.8) is 0 Å². The molecule has 10 aromatic carbocycles. The molecule has 212 valence electrons. The van der Waals surface area contributed by atoms with E-state index in [1.54, 1.807) is 0 Å². The van der Waals surface area contributed by atoms with E-state index in [9.17, 15) is 16.4 Å². The summed E-state index contributed by atoms with van der Waals surface area (Å²) >= 11 is 0. The van der Waals surface area contributed by atoms with Gasteiger partial charge in [0.2, 0.25) is 0 Å². The molecule has 0 atom stereocenters. The number of hydrogen-bond acceptors (Lipinski definition) is 0. The normalized spacial score (nSPS) is 20.1. The summed E-state index contributed by atoms with van der Waals surface area (Å²) < 4.78 is 245. The fourth-order valence-corrected chi connectivity index (χ4v) is 6.17. The molecular formula is C46H28. The van der Waals surface area contributed by atoms with Gasteiger partial charge in [-0.25, -0.2) is 0 Å². The first-order valence-electron chi connectivity index (χ1n) is 27.3. The predicted molar refractivity (Wildman–Crippen MR) is 199 cm³/mol. The molecule has 0 nitrogen and oxygen atoms in total. The first kappa shape index (κ1) is 10.5. The molecule has 46 heavy (non-hydrogen) atoms. The minimum atomic E-state index is -0.938. The molecule has 0 saturated carbocycles. The number of benzene rings is 10. The lowest BCUT2D eigenvalue weighted by Gasteiger charge is -2.21. The van der Waals surface area contributed by atoms with Gasteiger partial charge in [-0.3, -0.25) is 0 Å². The first-order valence-corrected chi connectivity index (χ1v) is 13.8. The molecule has 0 heterocycles. The zero-order valence-electron chi connectivity index (χ0n) is 50.1. The molecule has 0 radical (unpaired) electrons. The van der Waals surface area contributed by atoms with Crippen LogP contribution in [0.2, 0.25) is 0 Å². The lowest BCUT2D eigenvalue weighted by atomic mass is 9.81. The molecular weight excluding hydrogens is 553 g/mol. The van der Waals surface area contributed by atoms with Gasteiger partial charge in [-0.1, -0.05) is 169 Å². The van der Waals surface area contributed by atoms with E-state index in [2.05, 4.69) is 0 Å². The van der Waals surface area contributed by atoms with Crippen LogP contribution in [-0.4, -0.2) is 0 Å². The molecule has 0 heteroatoms. The molecule has 0 aliphatic carbocycles. The van der Waals surface area contributed by atoms with E-state index in [-0.39, 0.29) is 0 Å². The Hall–Kier alpha value is -5.98. The Morgan fingerprint density at radius 2 is 0.826 bits per heavy atom. The molecule has 0 spiro atoms. The molecule has 10 rings (SSSR count). The zero-order valence-corrected chi connectivity index (χ0v) is 23.1. The van der Waals surface area contributed by atoms with Gasteiger partial charge in [0, 0.05) is 0 Å². The van der Waals surface area contributed by atoms with Crippen LogP contribution < -0.4 is 0 Å². The highest BCUT2D eigenvalue weighted by atomic mass is 14.2. The summed E-state index contributed by atoms with van der Waals surface area (Å²) in [6.07, 6.45) is 0. The highest BCUT2D eigenvalue weighted by Gasteiger charge is 2.21. The standard InChI is InChI=1S/C46H28/c1-3-11-29(12-4-1)34-24-20-32-22-26-39-40(27-23-33-21-25-38(34)43(32)44(33)39)46-37-18-10-9-17-36(37)42(31-14-5-2-6-15-31)41-28-19-30-13-7-8-16-35(30)45(41)46/h1-28H/i1D,2D,3D,4D,5D,6D,7D,8D,9D,10D,11D,12D,13D,14D,15D,16D,17D,19D,20D,21D,22D,23D,24D,25D,26D,27D,28D. The topological polar surface area (TPSA) is 0 Å². The molecule has 0 N–H and O–H groups in total. The fraction of sp³-hybridized carbons (Fsp3) is 0. The Labute approximate surface area is 305 Å². The lowest BCUT2D eigenvalue weighted by Crippen LogP contribution is -1.94. The largest absolute Gasteiger partial charge is 0.0630 e. The van der Waals surface area contributed by atoms with Gasteiger partial charge in [0.1, 0.15) is 0 Å². The van der Waals surface area contributed by atoms with Crippen molar-refractivity contribution in [1.29, 1.82) is 0 Å². The summed E-state index contributed by atoms with van der Waals surface area (Å²) in [7, 11) is 0. The fourth-order valence-electron chi connectivity index (χ4n) is 6.17. The highest BCUT2D eigenvalue weighted by molar-refractivity contribution is 6.33. The molecule has 0 bridgehead atoms. The molecule has 0 aliphatic rings. The summed E-state index contributed by atoms with van der Waals surface area (Å²) in [6.45, 7) is 0. The maximum atomic E-state index is 9.86. The zero-order chi connectivity index (χ0) is 53.7. The molecule has 0 unspecified atom stereocenters. The summed E-state index contributed by atoms with van der Waals surface area (Å²) in [6, 6.07) is -22.7. The van der Waals surface area contributed by atoms with Crippen molar-refractivity contribution in [1.82, 2.24) is 0 Å². The SMILES string of the molecule is [2H]c1cc2c(-c3c([2H])c([2H])c4c([2H])c([2H])c5c(-c6c([2H])c([2H])c([2H])c([2H])c6[2H])c([2H])c([2H])c6c([2H])c([2H])c3c4c65)c3c(c([2H])c([2H])c4c([2H])c([2H])c([2H])c([2H])c43)c(-c3c([2H])c([2H])c([2H])c([2H])c3[2H])c2c([2H])c1[2H]. The second kappa shape index (κ2) is 9.76. The van der Waals surface area contributed by atoms with Crippen LogP contribution in [0.25, 0.3) is 98.0 Å². The van der Waals surface area contributed by atoms with Crippen molar-refractivity contribution >= 4 is 64.6 Å². The van der Waals surface area contributed by atoms with Gasteiger partial charge < -0.3 is 0 Å². The van der Waals surface area contributed by atoms with Gasteiger partial charge in [0.25, 0.3) is 0 Å². The number of rotatable bonds is 3. The Kier molecular flexibility index (Phi) is 2.24. The third-order valence-electron chi connectivity index (χ3n) is 8.01.